The third kappa shape index (κ3) is 3.21. The predicted octanol–water partition coefficient (Wildman–Crippen LogP) is 3.59. The van der Waals surface area contributed by atoms with Crippen molar-refractivity contribution in [2.45, 2.75) is 13.1 Å². The Labute approximate surface area is 108 Å². The van der Waals surface area contributed by atoms with Gasteiger partial charge in [0.05, 0.1) is 11.3 Å². The zero-order valence-corrected chi connectivity index (χ0v) is 10.2. The van der Waals surface area contributed by atoms with E-state index in [1.54, 1.807) is 6.07 Å². The summed E-state index contributed by atoms with van der Waals surface area (Å²) in [7, 11) is 0. The maximum atomic E-state index is 12.5. The lowest BCUT2D eigenvalue weighted by molar-refractivity contribution is -0.137. The summed E-state index contributed by atoms with van der Waals surface area (Å²) < 4.78 is 37.4. The first kappa shape index (κ1) is 13.3. The van der Waals surface area contributed by atoms with Gasteiger partial charge in [-0.1, -0.05) is 12.1 Å². The van der Waals surface area contributed by atoms with Crippen LogP contribution in [0.5, 0.6) is 0 Å². The van der Waals surface area contributed by atoms with E-state index in [1.165, 1.54) is 18.5 Å². The highest BCUT2D eigenvalue weighted by atomic mass is 19.4. The molecule has 1 heterocycles. The van der Waals surface area contributed by atoms with Gasteiger partial charge in [0.15, 0.2) is 0 Å². The molecule has 1 aromatic heterocycles. The van der Waals surface area contributed by atoms with Crippen molar-refractivity contribution >= 4 is 5.82 Å². The summed E-state index contributed by atoms with van der Waals surface area (Å²) in [6.07, 6.45) is -2.94. The van der Waals surface area contributed by atoms with E-state index < -0.39 is 11.7 Å². The Hall–Kier alpha value is -2.11. The Morgan fingerprint density at radius 2 is 1.79 bits per heavy atom. The molecule has 0 aliphatic heterocycles. The molecule has 1 aromatic carbocycles. The second kappa shape index (κ2) is 5.26. The van der Waals surface area contributed by atoms with Crippen molar-refractivity contribution in [2.75, 3.05) is 11.9 Å². The van der Waals surface area contributed by atoms with E-state index in [4.69, 9.17) is 0 Å². The minimum absolute atomic E-state index is 0.583. The molecule has 1 N–H and O–H groups in total. The molecule has 0 saturated carbocycles. The molecule has 0 atom stereocenters. The van der Waals surface area contributed by atoms with Crippen LogP contribution in [0, 0.1) is 0 Å². The molecule has 0 amide bonds. The van der Waals surface area contributed by atoms with Crippen molar-refractivity contribution in [1.29, 1.82) is 0 Å². The Kier molecular flexibility index (Phi) is 3.69. The van der Waals surface area contributed by atoms with E-state index in [9.17, 15) is 13.2 Å². The number of hydrogen-bond acceptors (Lipinski definition) is 3. The number of anilines is 1. The van der Waals surface area contributed by atoms with Crippen LogP contribution in [-0.4, -0.2) is 16.5 Å². The second-order valence-corrected chi connectivity index (χ2v) is 3.89. The van der Waals surface area contributed by atoms with Crippen molar-refractivity contribution in [3.8, 4) is 11.3 Å². The third-order valence-corrected chi connectivity index (χ3v) is 2.53. The summed E-state index contributed by atoms with van der Waals surface area (Å²) in [5, 5.41) is 3.02. The van der Waals surface area contributed by atoms with Gasteiger partial charge < -0.3 is 5.32 Å². The standard InChI is InChI=1S/C13H12F3N3/c1-2-17-12-7-11(18-8-19-12)9-3-5-10(6-4-9)13(14,15)16/h3-8H,2H2,1H3,(H,17,18,19). The number of halogens is 3. The zero-order valence-electron chi connectivity index (χ0n) is 10.2. The highest BCUT2D eigenvalue weighted by Gasteiger charge is 2.29. The molecular weight excluding hydrogens is 255 g/mol. The smallest absolute Gasteiger partial charge is 0.370 e. The van der Waals surface area contributed by atoms with Crippen LogP contribution in [0.3, 0.4) is 0 Å². The summed E-state index contributed by atoms with van der Waals surface area (Å²) in [4.78, 5) is 8.06. The Morgan fingerprint density at radius 1 is 1.11 bits per heavy atom. The quantitative estimate of drug-likeness (QED) is 0.923. The van der Waals surface area contributed by atoms with E-state index in [2.05, 4.69) is 15.3 Å². The van der Waals surface area contributed by atoms with E-state index in [0.717, 1.165) is 12.1 Å². The molecule has 0 fully saturated rings. The minimum Gasteiger partial charge on any atom is -0.370 e. The number of nitrogens with zero attached hydrogens (tertiary/aromatic N) is 2. The SMILES string of the molecule is CCNc1cc(-c2ccc(C(F)(F)F)cc2)ncn1. The first-order valence-corrected chi connectivity index (χ1v) is 5.74. The molecular formula is C13H12F3N3. The van der Waals surface area contributed by atoms with Gasteiger partial charge in [-0.15, -0.1) is 0 Å². The first-order valence-electron chi connectivity index (χ1n) is 5.74. The van der Waals surface area contributed by atoms with E-state index >= 15 is 0 Å². The maximum absolute atomic E-state index is 12.5. The lowest BCUT2D eigenvalue weighted by atomic mass is 10.1. The molecule has 0 radical (unpaired) electrons. The molecule has 2 rings (SSSR count). The highest BCUT2D eigenvalue weighted by Crippen LogP contribution is 2.30. The first-order chi connectivity index (χ1) is 9.00. The van der Waals surface area contributed by atoms with Crippen LogP contribution in [-0.2, 0) is 6.18 Å². The molecule has 3 nitrogen and oxygen atoms in total. The van der Waals surface area contributed by atoms with Crippen molar-refractivity contribution in [3.05, 3.63) is 42.2 Å². The number of nitrogens with one attached hydrogen (secondary N) is 1. The number of hydrogen-bond donors (Lipinski definition) is 1. The molecule has 0 aliphatic carbocycles. The number of alkyl halides is 3. The molecule has 0 spiro atoms. The molecule has 0 unspecified atom stereocenters. The number of aromatic nitrogens is 2. The molecule has 0 bridgehead atoms. The van der Waals surface area contributed by atoms with Crippen LogP contribution in [0.4, 0.5) is 19.0 Å². The van der Waals surface area contributed by atoms with Gasteiger partial charge >= 0.3 is 6.18 Å². The fourth-order valence-electron chi connectivity index (χ4n) is 1.62. The molecule has 0 saturated heterocycles. The van der Waals surface area contributed by atoms with Crippen molar-refractivity contribution in [2.24, 2.45) is 0 Å². The van der Waals surface area contributed by atoms with Crippen molar-refractivity contribution in [1.82, 2.24) is 9.97 Å². The van der Waals surface area contributed by atoms with Gasteiger partial charge in [0.2, 0.25) is 0 Å². The predicted molar refractivity (Wildman–Crippen MR) is 66.6 cm³/mol. The third-order valence-electron chi connectivity index (χ3n) is 2.53. The van der Waals surface area contributed by atoms with Crippen molar-refractivity contribution in [3.63, 3.8) is 0 Å². The Morgan fingerprint density at radius 3 is 2.37 bits per heavy atom. The second-order valence-electron chi connectivity index (χ2n) is 3.89. The summed E-state index contributed by atoms with van der Waals surface area (Å²) in [6, 6.07) is 6.60. The van der Waals surface area contributed by atoms with Crippen molar-refractivity contribution < 1.29 is 13.2 Å². The topological polar surface area (TPSA) is 37.8 Å². The molecule has 6 heteroatoms. The monoisotopic (exact) mass is 267 g/mol. The molecule has 0 aliphatic rings. The fourth-order valence-corrected chi connectivity index (χ4v) is 1.62. The highest BCUT2D eigenvalue weighted by molar-refractivity contribution is 5.62. The Bertz CT molecular complexity index is 550. The Balaban J connectivity index is 2.29. The van der Waals surface area contributed by atoms with Gasteiger partial charge in [0.25, 0.3) is 0 Å². The van der Waals surface area contributed by atoms with Crippen LogP contribution in [0.2, 0.25) is 0 Å². The summed E-state index contributed by atoms with van der Waals surface area (Å²) in [5.74, 6) is 0.646. The van der Waals surface area contributed by atoms with Crippen LogP contribution >= 0.6 is 0 Å². The fraction of sp³-hybridized carbons (Fsp3) is 0.231. The normalized spacial score (nSPS) is 11.4. The molecule has 19 heavy (non-hydrogen) atoms. The van der Waals surface area contributed by atoms with Gasteiger partial charge in [0.1, 0.15) is 12.1 Å². The summed E-state index contributed by atoms with van der Waals surface area (Å²) in [5.41, 5.74) is 0.534. The summed E-state index contributed by atoms with van der Waals surface area (Å²) in [6.45, 7) is 2.64. The van der Waals surface area contributed by atoms with Crippen LogP contribution < -0.4 is 5.32 Å². The maximum Gasteiger partial charge on any atom is 0.416 e. The lowest BCUT2D eigenvalue weighted by Gasteiger charge is -2.08. The van der Waals surface area contributed by atoms with Gasteiger partial charge in [0, 0.05) is 18.2 Å². The number of rotatable bonds is 3. The largest absolute Gasteiger partial charge is 0.416 e. The van der Waals surface area contributed by atoms with Crippen LogP contribution in [0.15, 0.2) is 36.7 Å². The van der Waals surface area contributed by atoms with Gasteiger partial charge in [-0.05, 0) is 19.1 Å². The van der Waals surface area contributed by atoms with Gasteiger partial charge in [-0.25, -0.2) is 9.97 Å². The van der Waals surface area contributed by atoms with Crippen LogP contribution in [0.1, 0.15) is 12.5 Å². The summed E-state index contributed by atoms with van der Waals surface area (Å²) >= 11 is 0. The lowest BCUT2D eigenvalue weighted by Crippen LogP contribution is -2.04. The van der Waals surface area contributed by atoms with Gasteiger partial charge in [-0.3, -0.25) is 0 Å². The van der Waals surface area contributed by atoms with Gasteiger partial charge in [-0.2, -0.15) is 13.2 Å². The molecule has 100 valence electrons. The molecule has 2 aromatic rings. The van der Waals surface area contributed by atoms with Crippen LogP contribution in [0.25, 0.3) is 11.3 Å². The minimum atomic E-state index is -4.32. The number of benzene rings is 1. The average Bonchev–Trinajstić information content (AvgIpc) is 2.39. The van der Waals surface area contributed by atoms with E-state index in [-0.39, 0.29) is 0 Å². The van der Waals surface area contributed by atoms with E-state index in [1.807, 2.05) is 6.92 Å². The van der Waals surface area contributed by atoms with E-state index in [0.29, 0.717) is 23.6 Å². The zero-order chi connectivity index (χ0) is 13.9. The average molecular weight is 267 g/mol.